The fourth-order valence-corrected chi connectivity index (χ4v) is 3.42. The van der Waals surface area contributed by atoms with Crippen LogP contribution in [0.5, 0.6) is 0 Å². The summed E-state index contributed by atoms with van der Waals surface area (Å²) in [5.41, 5.74) is -0.180. The van der Waals surface area contributed by atoms with Crippen molar-refractivity contribution in [2.75, 3.05) is 6.54 Å². The molecule has 4 amide bonds. The van der Waals surface area contributed by atoms with Gasteiger partial charge < -0.3 is 15.1 Å². The first-order valence-electron chi connectivity index (χ1n) is 9.12. The predicted molar refractivity (Wildman–Crippen MR) is 97.3 cm³/mol. The van der Waals surface area contributed by atoms with E-state index in [1.165, 1.54) is 12.1 Å². The molecule has 1 aliphatic heterocycles. The molecule has 1 aliphatic carbocycles. The standard InChI is InChI=1S/C20H20FN3O4/c1-20(13-4-5-13)18(26)24(19(27)23-20)11-17(25)22-10-15-8-9-16(28-15)12-2-6-14(21)7-3-12/h2-3,6-9,13H,4-5,10-11H2,1H3,(H,22,25)(H,23,27). The Labute approximate surface area is 160 Å². The fraction of sp³-hybridized carbons (Fsp3) is 0.350. The van der Waals surface area contributed by atoms with E-state index in [0.717, 1.165) is 23.3 Å². The molecule has 2 aliphatic rings. The highest BCUT2D eigenvalue weighted by Crippen LogP contribution is 2.42. The molecule has 1 saturated carbocycles. The van der Waals surface area contributed by atoms with Gasteiger partial charge in [-0.05, 0) is 62.1 Å². The third-order valence-corrected chi connectivity index (χ3v) is 5.25. The van der Waals surface area contributed by atoms with Gasteiger partial charge in [0.05, 0.1) is 6.54 Å². The van der Waals surface area contributed by atoms with Crippen LogP contribution in [0, 0.1) is 11.7 Å². The number of benzene rings is 1. The lowest BCUT2D eigenvalue weighted by Gasteiger charge is -2.20. The molecule has 0 bridgehead atoms. The Bertz CT molecular complexity index is 935. The third-order valence-electron chi connectivity index (χ3n) is 5.25. The summed E-state index contributed by atoms with van der Waals surface area (Å²) >= 11 is 0. The highest BCUT2D eigenvalue weighted by atomic mass is 19.1. The molecule has 1 aromatic carbocycles. The van der Waals surface area contributed by atoms with Gasteiger partial charge in [-0.15, -0.1) is 0 Å². The molecule has 2 fully saturated rings. The van der Waals surface area contributed by atoms with Crippen LogP contribution in [-0.4, -0.2) is 34.8 Å². The van der Waals surface area contributed by atoms with Gasteiger partial charge in [-0.1, -0.05) is 0 Å². The minimum absolute atomic E-state index is 0.115. The quantitative estimate of drug-likeness (QED) is 0.747. The van der Waals surface area contributed by atoms with Crippen LogP contribution < -0.4 is 10.6 Å². The van der Waals surface area contributed by atoms with Crippen LogP contribution in [0.3, 0.4) is 0 Å². The van der Waals surface area contributed by atoms with Crippen LogP contribution in [0.2, 0.25) is 0 Å². The second-order valence-electron chi connectivity index (χ2n) is 7.35. The van der Waals surface area contributed by atoms with Crippen molar-refractivity contribution in [3.8, 4) is 11.3 Å². The monoisotopic (exact) mass is 385 g/mol. The number of hydrogen-bond acceptors (Lipinski definition) is 4. The van der Waals surface area contributed by atoms with E-state index in [1.807, 2.05) is 0 Å². The predicted octanol–water partition coefficient (Wildman–Crippen LogP) is 2.42. The zero-order chi connectivity index (χ0) is 19.9. The van der Waals surface area contributed by atoms with E-state index in [-0.39, 0.29) is 30.7 Å². The molecule has 0 spiro atoms. The number of imide groups is 1. The number of nitrogens with zero attached hydrogens (tertiary/aromatic N) is 1. The summed E-state index contributed by atoms with van der Waals surface area (Å²) in [5, 5.41) is 5.36. The Kier molecular flexibility index (Phi) is 4.41. The molecule has 2 N–H and O–H groups in total. The maximum Gasteiger partial charge on any atom is 0.325 e. The zero-order valence-electron chi connectivity index (χ0n) is 15.3. The van der Waals surface area contributed by atoms with E-state index in [1.54, 1.807) is 31.2 Å². The Morgan fingerprint density at radius 1 is 1.25 bits per heavy atom. The Morgan fingerprint density at radius 2 is 1.96 bits per heavy atom. The summed E-state index contributed by atoms with van der Waals surface area (Å²) in [6, 6.07) is 8.78. The first-order chi connectivity index (χ1) is 13.4. The van der Waals surface area contributed by atoms with Crippen molar-refractivity contribution in [3.05, 3.63) is 48.0 Å². The Morgan fingerprint density at radius 3 is 2.64 bits per heavy atom. The van der Waals surface area contributed by atoms with Crippen LogP contribution in [0.15, 0.2) is 40.8 Å². The molecule has 1 unspecified atom stereocenters. The molecule has 1 atom stereocenters. The Balaban J connectivity index is 1.33. The molecule has 2 aromatic rings. The van der Waals surface area contributed by atoms with Gasteiger partial charge in [-0.25, -0.2) is 9.18 Å². The van der Waals surface area contributed by atoms with E-state index in [4.69, 9.17) is 4.42 Å². The number of furan rings is 1. The molecule has 7 nitrogen and oxygen atoms in total. The minimum atomic E-state index is -0.900. The number of amides is 4. The second-order valence-corrected chi connectivity index (χ2v) is 7.35. The normalized spacial score (nSPS) is 21.7. The SMILES string of the molecule is CC1(C2CC2)NC(=O)N(CC(=O)NCc2ccc(-c3ccc(F)cc3)o2)C1=O. The topological polar surface area (TPSA) is 91.7 Å². The lowest BCUT2D eigenvalue weighted by atomic mass is 9.96. The van der Waals surface area contributed by atoms with Gasteiger partial charge >= 0.3 is 6.03 Å². The highest BCUT2D eigenvalue weighted by Gasteiger charge is 2.56. The summed E-state index contributed by atoms with van der Waals surface area (Å²) < 4.78 is 18.6. The summed E-state index contributed by atoms with van der Waals surface area (Å²) in [5.74, 6) is 0.0624. The summed E-state index contributed by atoms with van der Waals surface area (Å²) in [4.78, 5) is 37.8. The van der Waals surface area contributed by atoms with Crippen LogP contribution in [0.4, 0.5) is 9.18 Å². The maximum atomic E-state index is 13.0. The van der Waals surface area contributed by atoms with E-state index in [2.05, 4.69) is 10.6 Å². The van der Waals surface area contributed by atoms with Crippen molar-refractivity contribution in [2.24, 2.45) is 5.92 Å². The van der Waals surface area contributed by atoms with Crippen LogP contribution >= 0.6 is 0 Å². The highest BCUT2D eigenvalue weighted by molar-refractivity contribution is 6.09. The molecule has 28 heavy (non-hydrogen) atoms. The largest absolute Gasteiger partial charge is 0.459 e. The molecule has 0 radical (unpaired) electrons. The second kappa shape index (κ2) is 6.78. The minimum Gasteiger partial charge on any atom is -0.459 e. The number of rotatable bonds is 6. The fourth-order valence-electron chi connectivity index (χ4n) is 3.42. The van der Waals surface area contributed by atoms with Gasteiger partial charge in [0.25, 0.3) is 5.91 Å². The van der Waals surface area contributed by atoms with Gasteiger partial charge in [0.1, 0.15) is 29.4 Å². The summed E-state index contributed by atoms with van der Waals surface area (Å²) in [6.07, 6.45) is 1.80. The number of urea groups is 1. The van der Waals surface area contributed by atoms with Crippen molar-refractivity contribution >= 4 is 17.8 Å². The number of halogens is 1. The van der Waals surface area contributed by atoms with Crippen LogP contribution in [0.25, 0.3) is 11.3 Å². The van der Waals surface area contributed by atoms with Gasteiger partial charge in [0, 0.05) is 5.56 Å². The molecule has 1 aromatic heterocycles. The lowest BCUT2D eigenvalue weighted by molar-refractivity contribution is -0.135. The van der Waals surface area contributed by atoms with E-state index >= 15 is 0 Å². The van der Waals surface area contributed by atoms with E-state index < -0.39 is 17.5 Å². The summed E-state index contributed by atoms with van der Waals surface area (Å²) in [7, 11) is 0. The van der Waals surface area contributed by atoms with Crippen LogP contribution in [-0.2, 0) is 16.1 Å². The van der Waals surface area contributed by atoms with E-state index in [0.29, 0.717) is 11.5 Å². The van der Waals surface area contributed by atoms with Gasteiger partial charge in [-0.3, -0.25) is 14.5 Å². The van der Waals surface area contributed by atoms with Gasteiger partial charge in [-0.2, -0.15) is 0 Å². The van der Waals surface area contributed by atoms with Crippen molar-refractivity contribution in [2.45, 2.75) is 31.8 Å². The number of hydrogen-bond donors (Lipinski definition) is 2. The van der Waals surface area contributed by atoms with Crippen molar-refractivity contribution in [1.82, 2.24) is 15.5 Å². The number of carbonyl (C=O) groups excluding carboxylic acids is 3. The van der Waals surface area contributed by atoms with Gasteiger partial charge in [0.2, 0.25) is 5.91 Å². The molecule has 4 rings (SSSR count). The van der Waals surface area contributed by atoms with Crippen LogP contribution in [0.1, 0.15) is 25.5 Å². The molecular formula is C20H20FN3O4. The molecule has 8 heteroatoms. The molecule has 2 heterocycles. The third kappa shape index (κ3) is 3.37. The van der Waals surface area contributed by atoms with Crippen molar-refractivity contribution < 1.29 is 23.2 Å². The van der Waals surface area contributed by atoms with E-state index in [9.17, 15) is 18.8 Å². The molecule has 1 saturated heterocycles. The molecule has 146 valence electrons. The average Bonchev–Trinajstić information content (AvgIpc) is 3.39. The molecular weight excluding hydrogens is 365 g/mol. The smallest absolute Gasteiger partial charge is 0.325 e. The first kappa shape index (κ1) is 18.2. The zero-order valence-corrected chi connectivity index (χ0v) is 15.3. The number of carbonyl (C=O) groups is 3. The Hall–Kier alpha value is -3.16. The lowest BCUT2D eigenvalue weighted by Crippen LogP contribution is -2.46. The van der Waals surface area contributed by atoms with Crippen molar-refractivity contribution in [1.29, 1.82) is 0 Å². The average molecular weight is 385 g/mol. The number of nitrogens with one attached hydrogen (secondary N) is 2. The maximum absolute atomic E-state index is 13.0. The van der Waals surface area contributed by atoms with Gasteiger partial charge in [0.15, 0.2) is 0 Å². The first-order valence-corrected chi connectivity index (χ1v) is 9.12. The summed E-state index contributed by atoms with van der Waals surface area (Å²) in [6.45, 7) is 1.49. The van der Waals surface area contributed by atoms with Crippen molar-refractivity contribution in [3.63, 3.8) is 0 Å².